The summed E-state index contributed by atoms with van der Waals surface area (Å²) in [6.07, 6.45) is -0.0659. The molecule has 0 spiro atoms. The van der Waals surface area contributed by atoms with Crippen LogP contribution in [0, 0.1) is 0 Å². The zero-order valence-corrected chi connectivity index (χ0v) is 11.8. The van der Waals surface area contributed by atoms with Crippen molar-refractivity contribution in [2.75, 3.05) is 23.2 Å². The zero-order chi connectivity index (χ0) is 15.6. The van der Waals surface area contributed by atoms with E-state index in [0.29, 0.717) is 30.1 Å². The van der Waals surface area contributed by atoms with Crippen molar-refractivity contribution in [2.45, 2.75) is 38.5 Å². The van der Waals surface area contributed by atoms with E-state index in [9.17, 15) is 9.28 Å². The minimum atomic E-state index is -1.02. The van der Waals surface area contributed by atoms with Gasteiger partial charge in [-0.3, -0.25) is 0 Å². The highest BCUT2D eigenvalue weighted by molar-refractivity contribution is 5.73. The summed E-state index contributed by atoms with van der Waals surface area (Å²) in [7, 11) is 1.23. The van der Waals surface area contributed by atoms with Gasteiger partial charge in [0.1, 0.15) is 11.9 Å². The van der Waals surface area contributed by atoms with E-state index in [2.05, 4.69) is 15.3 Å². The number of nitrogens with zero attached hydrogens (tertiary/aromatic N) is 3. The highest BCUT2D eigenvalue weighted by Gasteiger charge is 2.31. The molecule has 0 amide bonds. The fourth-order valence-electron chi connectivity index (χ4n) is 2.27. The Bertz CT molecular complexity index is 540. The van der Waals surface area contributed by atoms with Gasteiger partial charge in [-0.2, -0.15) is 4.98 Å². The van der Waals surface area contributed by atoms with E-state index < -0.39 is 18.3 Å². The van der Waals surface area contributed by atoms with Gasteiger partial charge in [0.05, 0.1) is 5.69 Å². The molecule has 2 rings (SSSR count). The molecule has 0 saturated carbocycles. The van der Waals surface area contributed by atoms with E-state index in [-0.39, 0.29) is 17.5 Å². The number of anilines is 3. The number of aliphatic carboxylic acids is 1. The topological polar surface area (TPSA) is 114 Å². The summed E-state index contributed by atoms with van der Waals surface area (Å²) in [5, 5.41) is 12.2. The maximum atomic E-state index is 13.7. The Morgan fingerprint density at radius 1 is 1.57 bits per heavy atom. The molecule has 2 heterocycles. The Hall–Kier alpha value is -2.16. The summed E-state index contributed by atoms with van der Waals surface area (Å²) in [5.74, 6) is -0.799. The summed E-state index contributed by atoms with van der Waals surface area (Å²) in [6, 6.07) is 0. The Kier molecular flexibility index (Phi) is 4.41. The predicted molar refractivity (Wildman–Crippen MR) is 74.5 cm³/mol. The van der Waals surface area contributed by atoms with Crippen molar-refractivity contribution in [3.8, 4) is 0 Å². The van der Waals surface area contributed by atoms with E-state index in [1.165, 1.54) is 7.05 Å². The number of hydrogen-bond acceptors (Lipinski definition) is 7. The number of carboxylic acids is 1. The van der Waals surface area contributed by atoms with Gasteiger partial charge in [0.2, 0.25) is 5.95 Å². The van der Waals surface area contributed by atoms with Crippen LogP contribution >= 0.6 is 0 Å². The minimum Gasteiger partial charge on any atom is -0.479 e. The number of nitrogens with one attached hydrogen (secondary N) is 1. The van der Waals surface area contributed by atoms with Crippen LogP contribution in [0.3, 0.4) is 0 Å². The van der Waals surface area contributed by atoms with Crippen LogP contribution in [0.2, 0.25) is 0 Å². The molecule has 21 heavy (non-hydrogen) atoms. The highest BCUT2D eigenvalue weighted by atomic mass is 19.2. The quantitative estimate of drug-likeness (QED) is 0.688. The standard InChI is InChI=1S/C12H18FN5O3/c1-3-6-9(18(2)13)10(17-12(14)15-6)16-8-5-4-7(21-8)11(19)20/h7-8H,3-5H2,1-2H3,(H,19,20)(H3,14,15,16,17)/t7?,8-/m1/s1. The molecule has 1 aliphatic heterocycles. The van der Waals surface area contributed by atoms with Gasteiger partial charge in [-0.1, -0.05) is 6.92 Å². The molecule has 1 saturated heterocycles. The van der Waals surface area contributed by atoms with Crippen molar-refractivity contribution in [1.29, 1.82) is 0 Å². The molecule has 1 aliphatic rings. The average Bonchev–Trinajstić information content (AvgIpc) is 2.86. The number of aryl methyl sites for hydroxylation is 1. The van der Waals surface area contributed by atoms with Gasteiger partial charge in [-0.05, 0) is 19.3 Å². The van der Waals surface area contributed by atoms with Crippen molar-refractivity contribution < 1.29 is 19.1 Å². The average molecular weight is 299 g/mol. The number of nitrogen functional groups attached to an aromatic ring is 1. The summed E-state index contributed by atoms with van der Waals surface area (Å²) >= 11 is 0. The number of hydrogen-bond donors (Lipinski definition) is 3. The molecule has 0 aromatic carbocycles. The van der Waals surface area contributed by atoms with Crippen molar-refractivity contribution in [3.05, 3.63) is 5.69 Å². The summed E-state index contributed by atoms with van der Waals surface area (Å²) in [4.78, 5) is 18.8. The third-order valence-electron chi connectivity index (χ3n) is 3.21. The lowest BCUT2D eigenvalue weighted by atomic mass is 10.2. The molecule has 116 valence electrons. The van der Waals surface area contributed by atoms with Crippen LogP contribution in [-0.2, 0) is 16.0 Å². The first-order valence-corrected chi connectivity index (χ1v) is 6.63. The number of carboxylic acid groups (broad SMARTS) is 1. The van der Waals surface area contributed by atoms with E-state index >= 15 is 0 Å². The first-order valence-electron chi connectivity index (χ1n) is 6.63. The molecule has 1 unspecified atom stereocenters. The highest BCUT2D eigenvalue weighted by Crippen LogP contribution is 2.31. The van der Waals surface area contributed by atoms with Crippen LogP contribution in [-0.4, -0.2) is 40.4 Å². The van der Waals surface area contributed by atoms with E-state index in [1.54, 1.807) is 0 Å². The molecule has 0 aliphatic carbocycles. The van der Waals surface area contributed by atoms with Crippen molar-refractivity contribution >= 4 is 23.4 Å². The fourth-order valence-corrected chi connectivity index (χ4v) is 2.27. The van der Waals surface area contributed by atoms with E-state index in [1.807, 2.05) is 6.92 Å². The number of ether oxygens (including phenoxy) is 1. The lowest BCUT2D eigenvalue weighted by Crippen LogP contribution is -2.26. The molecule has 9 heteroatoms. The maximum Gasteiger partial charge on any atom is 0.332 e. The van der Waals surface area contributed by atoms with E-state index in [4.69, 9.17) is 15.6 Å². The number of halogens is 1. The molecule has 0 bridgehead atoms. The number of rotatable bonds is 5. The summed E-state index contributed by atoms with van der Waals surface area (Å²) in [6.45, 7) is 1.82. The molecule has 1 aromatic rings. The third-order valence-corrected chi connectivity index (χ3v) is 3.21. The second-order valence-corrected chi connectivity index (χ2v) is 4.73. The molecule has 1 aromatic heterocycles. The molecule has 2 atom stereocenters. The SMILES string of the molecule is CCc1nc(N)nc(N[C@H]2CCC(C(=O)O)O2)c1N(C)F. The molecular weight excluding hydrogens is 281 g/mol. The molecule has 1 fully saturated rings. The van der Waals surface area contributed by atoms with E-state index in [0.717, 1.165) is 0 Å². The second kappa shape index (κ2) is 6.08. The van der Waals surface area contributed by atoms with Crippen molar-refractivity contribution in [2.24, 2.45) is 0 Å². The Labute approximate surface area is 121 Å². The fraction of sp³-hybridized carbons (Fsp3) is 0.583. The number of nitrogens with two attached hydrogens (primary N) is 1. The maximum absolute atomic E-state index is 13.7. The van der Waals surface area contributed by atoms with Gasteiger partial charge in [0.15, 0.2) is 11.9 Å². The van der Waals surface area contributed by atoms with Crippen molar-refractivity contribution in [3.63, 3.8) is 0 Å². The Morgan fingerprint density at radius 3 is 2.81 bits per heavy atom. The molecular formula is C12H18FN5O3. The van der Waals surface area contributed by atoms with Crippen LogP contribution < -0.4 is 16.2 Å². The normalized spacial score (nSPS) is 21.3. The largest absolute Gasteiger partial charge is 0.479 e. The second-order valence-electron chi connectivity index (χ2n) is 4.73. The Balaban J connectivity index is 2.23. The van der Waals surface area contributed by atoms with Gasteiger partial charge in [0.25, 0.3) is 0 Å². The van der Waals surface area contributed by atoms with Crippen molar-refractivity contribution in [1.82, 2.24) is 9.97 Å². The molecule has 0 radical (unpaired) electrons. The third kappa shape index (κ3) is 3.30. The lowest BCUT2D eigenvalue weighted by Gasteiger charge is -2.20. The molecule has 4 N–H and O–H groups in total. The van der Waals surface area contributed by atoms with Crippen LogP contribution in [0.4, 0.5) is 21.9 Å². The van der Waals surface area contributed by atoms with Crippen LogP contribution in [0.25, 0.3) is 0 Å². The van der Waals surface area contributed by atoms with Crippen LogP contribution in [0.15, 0.2) is 0 Å². The first kappa shape index (κ1) is 15.2. The smallest absolute Gasteiger partial charge is 0.332 e. The Morgan fingerprint density at radius 2 is 2.29 bits per heavy atom. The zero-order valence-electron chi connectivity index (χ0n) is 11.8. The van der Waals surface area contributed by atoms with Gasteiger partial charge in [-0.25, -0.2) is 14.9 Å². The number of carbonyl (C=O) groups is 1. The monoisotopic (exact) mass is 299 g/mol. The van der Waals surface area contributed by atoms with Crippen LogP contribution in [0.5, 0.6) is 0 Å². The summed E-state index contributed by atoms with van der Waals surface area (Å²) < 4.78 is 19.0. The molecule has 8 nitrogen and oxygen atoms in total. The minimum absolute atomic E-state index is 0.0210. The van der Waals surface area contributed by atoms with Gasteiger partial charge in [-0.15, -0.1) is 4.48 Å². The van der Waals surface area contributed by atoms with Crippen LogP contribution in [0.1, 0.15) is 25.5 Å². The summed E-state index contributed by atoms with van der Waals surface area (Å²) in [5.41, 5.74) is 6.25. The lowest BCUT2D eigenvalue weighted by molar-refractivity contribution is -0.148. The van der Waals surface area contributed by atoms with Gasteiger partial charge in [0, 0.05) is 7.05 Å². The van der Waals surface area contributed by atoms with Gasteiger partial charge >= 0.3 is 5.97 Å². The predicted octanol–water partition coefficient (Wildman–Crippen LogP) is 0.943. The number of aromatic nitrogens is 2. The van der Waals surface area contributed by atoms with Gasteiger partial charge < -0.3 is 20.9 Å². The first-order chi connectivity index (χ1) is 9.92.